The fourth-order valence-corrected chi connectivity index (χ4v) is 4.17. The molecular weight excluding hydrogens is 402 g/mol. The molecule has 0 aliphatic carbocycles. The molecule has 0 aromatic heterocycles. The highest BCUT2D eigenvalue weighted by Crippen LogP contribution is 2.23. The number of hydrogen-bond acceptors (Lipinski definition) is 4. The summed E-state index contributed by atoms with van der Waals surface area (Å²) in [4.78, 5) is 25.8. The van der Waals surface area contributed by atoms with Crippen LogP contribution in [0.1, 0.15) is 12.8 Å². The van der Waals surface area contributed by atoms with Crippen LogP contribution in [0.3, 0.4) is 0 Å². The molecule has 0 saturated carbocycles. The first-order chi connectivity index (χ1) is 13.3. The molecule has 2 amide bonds. The summed E-state index contributed by atoms with van der Waals surface area (Å²) in [5.74, 6) is -0.379. The zero-order chi connectivity index (χ0) is 20.3. The van der Waals surface area contributed by atoms with Gasteiger partial charge in [-0.25, -0.2) is 8.42 Å². The van der Waals surface area contributed by atoms with Crippen LogP contribution in [0, 0.1) is 0 Å². The third-order valence-corrected chi connectivity index (χ3v) is 6.49. The van der Waals surface area contributed by atoms with E-state index in [1.165, 1.54) is 31.3 Å². The molecule has 148 valence electrons. The summed E-state index contributed by atoms with van der Waals surface area (Å²) in [5.41, 5.74) is 1.31. The summed E-state index contributed by atoms with van der Waals surface area (Å²) >= 11 is 5.78. The Bertz CT molecular complexity index is 975. The van der Waals surface area contributed by atoms with Crippen LogP contribution in [0.2, 0.25) is 5.02 Å². The van der Waals surface area contributed by atoms with Gasteiger partial charge in [0.1, 0.15) is 0 Å². The van der Waals surface area contributed by atoms with E-state index >= 15 is 0 Å². The van der Waals surface area contributed by atoms with Gasteiger partial charge in [0.25, 0.3) is 0 Å². The van der Waals surface area contributed by atoms with Crippen molar-refractivity contribution < 1.29 is 18.0 Å². The summed E-state index contributed by atoms with van der Waals surface area (Å²) in [6.07, 6.45) is 1.39. The van der Waals surface area contributed by atoms with E-state index in [9.17, 15) is 18.0 Å². The average molecular weight is 422 g/mol. The van der Waals surface area contributed by atoms with Gasteiger partial charge < -0.3 is 10.2 Å². The lowest BCUT2D eigenvalue weighted by molar-refractivity contribution is -0.117. The first-order valence-corrected chi connectivity index (χ1v) is 10.5. The van der Waals surface area contributed by atoms with Crippen LogP contribution in [0.25, 0.3) is 0 Å². The lowest BCUT2D eigenvalue weighted by Gasteiger charge is -2.18. The predicted molar refractivity (Wildman–Crippen MR) is 108 cm³/mol. The molecule has 28 heavy (non-hydrogen) atoms. The van der Waals surface area contributed by atoms with Gasteiger partial charge in [-0.05, 0) is 55.0 Å². The van der Waals surface area contributed by atoms with E-state index in [2.05, 4.69) is 5.32 Å². The number of carbonyl (C=O) groups is 2. The maximum atomic E-state index is 12.5. The molecule has 1 saturated heterocycles. The molecule has 0 atom stereocenters. The van der Waals surface area contributed by atoms with Crippen molar-refractivity contribution in [3.8, 4) is 0 Å². The van der Waals surface area contributed by atoms with Gasteiger partial charge in [-0.3, -0.25) is 9.59 Å². The Balaban J connectivity index is 1.61. The van der Waals surface area contributed by atoms with Gasteiger partial charge in [0.15, 0.2) is 0 Å². The minimum absolute atomic E-state index is 0.0619. The van der Waals surface area contributed by atoms with E-state index < -0.39 is 15.9 Å². The van der Waals surface area contributed by atoms with Crippen molar-refractivity contribution in [2.45, 2.75) is 17.7 Å². The van der Waals surface area contributed by atoms with Crippen LogP contribution in [0.4, 0.5) is 11.4 Å². The van der Waals surface area contributed by atoms with Gasteiger partial charge in [0.2, 0.25) is 21.8 Å². The molecule has 7 nitrogen and oxygen atoms in total. The quantitative estimate of drug-likeness (QED) is 0.776. The van der Waals surface area contributed by atoms with Crippen molar-refractivity contribution in [1.29, 1.82) is 0 Å². The summed E-state index contributed by atoms with van der Waals surface area (Å²) in [7, 11) is -2.46. The number of hydrogen-bond donors (Lipinski definition) is 1. The third-order valence-electron chi connectivity index (χ3n) is 4.42. The minimum atomic E-state index is -3.80. The van der Waals surface area contributed by atoms with E-state index in [1.807, 2.05) is 0 Å². The largest absolute Gasteiger partial charge is 0.325 e. The number of rotatable bonds is 6. The lowest BCUT2D eigenvalue weighted by atomic mass is 10.2. The van der Waals surface area contributed by atoms with Crippen LogP contribution in [-0.4, -0.2) is 44.7 Å². The maximum Gasteiger partial charge on any atom is 0.243 e. The average Bonchev–Trinajstić information content (AvgIpc) is 3.08. The molecule has 9 heteroatoms. The highest BCUT2D eigenvalue weighted by molar-refractivity contribution is 7.89. The number of amides is 2. The molecule has 1 heterocycles. The fraction of sp³-hybridized carbons (Fsp3) is 0.263. The Labute approximate surface area is 168 Å². The Hall–Kier alpha value is -2.42. The van der Waals surface area contributed by atoms with Gasteiger partial charge in [-0.15, -0.1) is 0 Å². The fourth-order valence-electron chi connectivity index (χ4n) is 2.92. The van der Waals surface area contributed by atoms with E-state index in [0.717, 1.165) is 16.4 Å². The maximum absolute atomic E-state index is 12.5. The van der Waals surface area contributed by atoms with Gasteiger partial charge in [-0.1, -0.05) is 11.6 Å². The van der Waals surface area contributed by atoms with Gasteiger partial charge in [0.05, 0.1) is 11.4 Å². The molecule has 0 unspecified atom stereocenters. The second-order valence-electron chi connectivity index (χ2n) is 6.46. The van der Waals surface area contributed by atoms with Crippen LogP contribution in [-0.2, 0) is 19.6 Å². The number of carbonyl (C=O) groups excluding carboxylic acids is 2. The van der Waals surface area contributed by atoms with Crippen LogP contribution in [0.5, 0.6) is 0 Å². The number of anilines is 2. The normalized spacial score (nSPS) is 14.5. The Morgan fingerprint density at radius 1 is 1.14 bits per heavy atom. The van der Waals surface area contributed by atoms with Gasteiger partial charge in [0, 0.05) is 36.4 Å². The van der Waals surface area contributed by atoms with Crippen molar-refractivity contribution in [3.05, 3.63) is 53.6 Å². The number of nitrogens with zero attached hydrogens (tertiary/aromatic N) is 2. The number of likely N-dealkylation sites (N-methyl/N-ethyl adjacent to an activating group) is 1. The van der Waals surface area contributed by atoms with Crippen LogP contribution in [0.15, 0.2) is 53.4 Å². The standard InChI is InChI=1S/C19H20ClN3O4S/c1-22(28(26,27)17-10-4-14(20)5-11-17)13-18(24)21-15-6-8-16(9-7-15)23-12-2-3-19(23)25/h4-11H,2-3,12-13H2,1H3,(H,21,24). The predicted octanol–water partition coefficient (Wildman–Crippen LogP) is 2.73. The molecule has 1 N–H and O–H groups in total. The monoisotopic (exact) mass is 421 g/mol. The number of sulfonamides is 1. The molecule has 0 radical (unpaired) electrons. The van der Waals surface area contributed by atoms with Crippen LogP contribution >= 0.6 is 11.6 Å². The lowest BCUT2D eigenvalue weighted by Crippen LogP contribution is -2.35. The van der Waals surface area contributed by atoms with Crippen molar-refractivity contribution in [2.24, 2.45) is 0 Å². The highest BCUT2D eigenvalue weighted by atomic mass is 35.5. The van der Waals surface area contributed by atoms with Crippen molar-refractivity contribution in [1.82, 2.24) is 4.31 Å². The van der Waals surface area contributed by atoms with Gasteiger partial charge in [-0.2, -0.15) is 4.31 Å². The first kappa shape index (κ1) is 20.3. The third kappa shape index (κ3) is 4.52. The molecule has 1 aliphatic rings. The Morgan fingerprint density at radius 3 is 2.36 bits per heavy atom. The summed E-state index contributed by atoms with van der Waals surface area (Å²) < 4.78 is 26.0. The number of halogens is 1. The smallest absolute Gasteiger partial charge is 0.243 e. The summed E-state index contributed by atoms with van der Waals surface area (Å²) in [5, 5.41) is 3.09. The molecule has 1 fully saturated rings. The van der Waals surface area contributed by atoms with Crippen molar-refractivity contribution >= 4 is 44.8 Å². The molecule has 1 aliphatic heterocycles. The zero-order valence-electron chi connectivity index (χ0n) is 15.3. The summed E-state index contributed by atoms with van der Waals surface area (Å²) in [6.45, 7) is 0.356. The molecule has 2 aromatic carbocycles. The topological polar surface area (TPSA) is 86.8 Å². The minimum Gasteiger partial charge on any atom is -0.325 e. The molecule has 0 bridgehead atoms. The Kier molecular flexibility index (Phi) is 6.02. The van der Waals surface area contributed by atoms with Crippen molar-refractivity contribution in [3.63, 3.8) is 0 Å². The van der Waals surface area contributed by atoms with E-state index in [4.69, 9.17) is 11.6 Å². The van der Waals surface area contributed by atoms with E-state index in [-0.39, 0.29) is 17.3 Å². The second kappa shape index (κ2) is 8.30. The van der Waals surface area contributed by atoms with Crippen LogP contribution < -0.4 is 10.2 Å². The number of benzene rings is 2. The zero-order valence-corrected chi connectivity index (χ0v) is 16.8. The molecule has 3 rings (SSSR count). The number of nitrogens with one attached hydrogen (secondary N) is 1. The highest BCUT2D eigenvalue weighted by Gasteiger charge is 2.23. The molecule has 2 aromatic rings. The summed E-state index contributed by atoms with van der Waals surface area (Å²) in [6, 6.07) is 12.6. The van der Waals surface area contributed by atoms with E-state index in [1.54, 1.807) is 29.2 Å². The molecule has 0 spiro atoms. The Morgan fingerprint density at radius 2 is 1.79 bits per heavy atom. The first-order valence-electron chi connectivity index (χ1n) is 8.69. The molecular formula is C19H20ClN3O4S. The van der Waals surface area contributed by atoms with E-state index in [0.29, 0.717) is 23.7 Å². The SMILES string of the molecule is CN(CC(=O)Nc1ccc(N2CCCC2=O)cc1)S(=O)(=O)c1ccc(Cl)cc1. The second-order valence-corrected chi connectivity index (χ2v) is 8.94. The van der Waals surface area contributed by atoms with Gasteiger partial charge >= 0.3 is 0 Å². The van der Waals surface area contributed by atoms with Crippen molar-refractivity contribution in [2.75, 3.05) is 30.4 Å².